The number of rotatable bonds is 4. The van der Waals surface area contributed by atoms with Gasteiger partial charge < -0.3 is 19.9 Å². The van der Waals surface area contributed by atoms with E-state index in [1.165, 1.54) is 16.4 Å². The average molecular weight is 469 g/mol. The summed E-state index contributed by atoms with van der Waals surface area (Å²) in [5.74, 6) is 0.0140. The van der Waals surface area contributed by atoms with E-state index in [0.717, 1.165) is 10.9 Å². The van der Waals surface area contributed by atoms with Crippen LogP contribution < -0.4 is 10.1 Å². The van der Waals surface area contributed by atoms with Crippen LogP contribution in [0.15, 0.2) is 53.4 Å². The summed E-state index contributed by atoms with van der Waals surface area (Å²) in [5, 5.41) is 3.68. The lowest BCUT2D eigenvalue weighted by molar-refractivity contribution is -0.123. The molecule has 0 saturated carbocycles. The molecule has 2 aliphatic heterocycles. The average Bonchev–Trinajstić information content (AvgIpc) is 3.27. The molecule has 172 valence electrons. The Kier molecular flexibility index (Phi) is 5.34. The molecule has 2 aromatic carbocycles. The number of hydrogen-bond acceptors (Lipinski definition) is 5. The number of aromatic nitrogens is 1. The summed E-state index contributed by atoms with van der Waals surface area (Å²) in [6.07, 6.45) is -0.0600. The number of ether oxygens (including phenoxy) is 1. The topological polar surface area (TPSA) is 112 Å². The monoisotopic (exact) mass is 468 g/mol. The Morgan fingerprint density at radius 3 is 2.58 bits per heavy atom. The number of aromatic amines is 1. The molecule has 0 aliphatic carbocycles. The first-order chi connectivity index (χ1) is 15.9. The number of nitrogens with zero attached hydrogens (tertiary/aromatic N) is 2. The van der Waals surface area contributed by atoms with E-state index in [4.69, 9.17) is 4.74 Å². The number of carbonyl (C=O) groups excluding carboxylic acids is 2. The molecule has 2 N–H and O–H groups in total. The van der Waals surface area contributed by atoms with Gasteiger partial charge in [0.2, 0.25) is 10.0 Å². The Hall–Kier alpha value is -3.37. The number of anilines is 1. The fourth-order valence-electron chi connectivity index (χ4n) is 4.20. The van der Waals surface area contributed by atoms with Crippen molar-refractivity contribution in [3.05, 3.63) is 54.2 Å². The summed E-state index contributed by atoms with van der Waals surface area (Å²) >= 11 is 0. The summed E-state index contributed by atoms with van der Waals surface area (Å²) in [7, 11) is -3.79. The fraction of sp³-hybridized carbons (Fsp3) is 0.304. The van der Waals surface area contributed by atoms with E-state index in [-0.39, 0.29) is 42.9 Å². The molecule has 0 spiro atoms. The molecule has 10 heteroatoms. The van der Waals surface area contributed by atoms with Gasteiger partial charge in [-0.25, -0.2) is 8.42 Å². The molecular weight excluding hydrogens is 444 g/mol. The zero-order valence-corrected chi connectivity index (χ0v) is 18.9. The summed E-state index contributed by atoms with van der Waals surface area (Å²) < 4.78 is 33.4. The normalized spacial score (nSPS) is 19.1. The van der Waals surface area contributed by atoms with Crippen molar-refractivity contribution in [3.63, 3.8) is 0 Å². The van der Waals surface area contributed by atoms with Crippen molar-refractivity contribution >= 4 is 38.4 Å². The second-order valence-corrected chi connectivity index (χ2v) is 10.1. The lowest BCUT2D eigenvalue weighted by Gasteiger charge is -2.34. The Morgan fingerprint density at radius 1 is 1.09 bits per heavy atom. The SMILES string of the molecule is CC[C@@H]1Oc2ccc(S(=O)(=O)N3CCN(C(=O)c4cc5ccccc5[nH]4)CC3)cc2NC1=O. The molecule has 1 fully saturated rings. The Labute approximate surface area is 191 Å². The van der Waals surface area contributed by atoms with Crippen LogP contribution in [0.2, 0.25) is 0 Å². The van der Waals surface area contributed by atoms with Gasteiger partial charge in [0.1, 0.15) is 11.4 Å². The number of benzene rings is 2. The second-order valence-electron chi connectivity index (χ2n) is 8.13. The first-order valence-corrected chi connectivity index (χ1v) is 12.3. The predicted octanol–water partition coefficient (Wildman–Crippen LogP) is 2.42. The second kappa shape index (κ2) is 8.20. The molecule has 0 radical (unpaired) electrons. The molecule has 5 rings (SSSR count). The molecule has 1 aromatic heterocycles. The van der Waals surface area contributed by atoms with E-state index in [1.807, 2.05) is 37.3 Å². The summed E-state index contributed by atoms with van der Waals surface area (Å²) in [4.78, 5) is 29.9. The van der Waals surface area contributed by atoms with Crippen molar-refractivity contribution in [2.75, 3.05) is 31.5 Å². The van der Waals surface area contributed by atoms with Crippen LogP contribution in [0.5, 0.6) is 5.75 Å². The number of carbonyl (C=O) groups is 2. The van der Waals surface area contributed by atoms with Crippen molar-refractivity contribution in [1.29, 1.82) is 0 Å². The van der Waals surface area contributed by atoms with E-state index in [9.17, 15) is 18.0 Å². The zero-order valence-electron chi connectivity index (χ0n) is 18.1. The van der Waals surface area contributed by atoms with Gasteiger partial charge in [-0.1, -0.05) is 25.1 Å². The third-order valence-corrected chi connectivity index (χ3v) is 7.96. The molecule has 9 nitrogen and oxygen atoms in total. The van der Waals surface area contributed by atoms with Crippen LogP contribution in [-0.2, 0) is 14.8 Å². The summed E-state index contributed by atoms with van der Waals surface area (Å²) in [5.41, 5.74) is 1.72. The minimum Gasteiger partial charge on any atom is -0.478 e. The first-order valence-electron chi connectivity index (χ1n) is 10.9. The van der Waals surface area contributed by atoms with Crippen LogP contribution in [0.1, 0.15) is 23.8 Å². The minimum atomic E-state index is -3.79. The molecular formula is C23H24N4O5S. The largest absolute Gasteiger partial charge is 0.478 e. The number of H-pyrrole nitrogens is 1. The highest BCUT2D eigenvalue weighted by Crippen LogP contribution is 2.33. The van der Waals surface area contributed by atoms with Crippen molar-refractivity contribution in [1.82, 2.24) is 14.2 Å². The van der Waals surface area contributed by atoms with Crippen LogP contribution in [0.3, 0.4) is 0 Å². The third-order valence-electron chi connectivity index (χ3n) is 6.07. The number of nitrogens with one attached hydrogen (secondary N) is 2. The minimum absolute atomic E-state index is 0.0792. The molecule has 0 bridgehead atoms. The van der Waals surface area contributed by atoms with E-state index < -0.39 is 16.1 Å². The van der Waals surface area contributed by atoms with Gasteiger partial charge in [-0.05, 0) is 36.8 Å². The maximum Gasteiger partial charge on any atom is 0.270 e. The summed E-state index contributed by atoms with van der Waals surface area (Å²) in [6, 6.07) is 13.9. The number of hydrogen-bond donors (Lipinski definition) is 2. The number of para-hydroxylation sites is 1. The van der Waals surface area contributed by atoms with E-state index in [2.05, 4.69) is 10.3 Å². The summed E-state index contributed by atoms with van der Waals surface area (Å²) in [6.45, 7) is 2.79. The lowest BCUT2D eigenvalue weighted by Crippen LogP contribution is -2.50. The maximum absolute atomic E-state index is 13.2. The highest BCUT2D eigenvalue weighted by atomic mass is 32.2. The molecule has 1 saturated heterocycles. The number of fused-ring (bicyclic) bond motifs is 2. The van der Waals surface area contributed by atoms with Gasteiger partial charge in [0.05, 0.1) is 10.6 Å². The van der Waals surface area contributed by atoms with E-state index in [0.29, 0.717) is 23.6 Å². The smallest absolute Gasteiger partial charge is 0.270 e. The van der Waals surface area contributed by atoms with Gasteiger partial charge in [0.15, 0.2) is 6.10 Å². The predicted molar refractivity (Wildman–Crippen MR) is 123 cm³/mol. The van der Waals surface area contributed by atoms with Crippen LogP contribution >= 0.6 is 0 Å². The van der Waals surface area contributed by atoms with Gasteiger partial charge in [-0.15, -0.1) is 0 Å². The van der Waals surface area contributed by atoms with Gasteiger partial charge in [0, 0.05) is 37.1 Å². The molecule has 2 aliphatic rings. The number of piperazine rings is 1. The van der Waals surface area contributed by atoms with Gasteiger partial charge in [0.25, 0.3) is 11.8 Å². The van der Waals surface area contributed by atoms with Gasteiger partial charge in [-0.3, -0.25) is 9.59 Å². The number of sulfonamides is 1. The Balaban J connectivity index is 1.29. The van der Waals surface area contributed by atoms with Gasteiger partial charge >= 0.3 is 0 Å². The zero-order chi connectivity index (χ0) is 23.2. The van der Waals surface area contributed by atoms with Crippen LogP contribution in [0.4, 0.5) is 5.69 Å². The molecule has 3 heterocycles. The molecule has 2 amide bonds. The molecule has 3 aromatic rings. The Bertz CT molecular complexity index is 1310. The van der Waals surface area contributed by atoms with Crippen molar-refractivity contribution in [2.24, 2.45) is 0 Å². The third kappa shape index (κ3) is 3.85. The van der Waals surface area contributed by atoms with Crippen molar-refractivity contribution in [3.8, 4) is 5.75 Å². The lowest BCUT2D eigenvalue weighted by atomic mass is 10.2. The van der Waals surface area contributed by atoms with E-state index >= 15 is 0 Å². The maximum atomic E-state index is 13.2. The van der Waals surface area contributed by atoms with E-state index in [1.54, 1.807) is 11.0 Å². The Morgan fingerprint density at radius 2 is 1.85 bits per heavy atom. The fourth-order valence-corrected chi connectivity index (χ4v) is 5.65. The standard InChI is InChI=1S/C23H24N4O5S/c1-2-20-22(28)25-18-14-16(7-8-21(18)32-20)33(30,31)27-11-9-26(10-12-27)23(29)19-13-15-5-3-4-6-17(15)24-19/h3-8,13-14,20,24H,2,9-12H2,1H3,(H,25,28)/t20-/m0/s1. The van der Waals surface area contributed by atoms with Crippen LogP contribution in [0.25, 0.3) is 10.9 Å². The molecule has 0 unspecified atom stereocenters. The molecule has 33 heavy (non-hydrogen) atoms. The van der Waals surface area contributed by atoms with Crippen LogP contribution in [-0.4, -0.2) is 66.7 Å². The first kappa shape index (κ1) is 21.5. The quantitative estimate of drug-likeness (QED) is 0.611. The highest BCUT2D eigenvalue weighted by Gasteiger charge is 2.33. The van der Waals surface area contributed by atoms with Crippen molar-refractivity contribution in [2.45, 2.75) is 24.3 Å². The van der Waals surface area contributed by atoms with Gasteiger partial charge in [-0.2, -0.15) is 4.31 Å². The highest BCUT2D eigenvalue weighted by molar-refractivity contribution is 7.89. The van der Waals surface area contributed by atoms with Crippen molar-refractivity contribution < 1.29 is 22.7 Å². The molecule has 1 atom stereocenters. The van der Waals surface area contributed by atoms with Crippen LogP contribution in [0, 0.1) is 0 Å². The number of amides is 2.